The summed E-state index contributed by atoms with van der Waals surface area (Å²) in [6, 6.07) is 4.32. The van der Waals surface area contributed by atoms with Crippen LogP contribution in [0.2, 0.25) is 10.0 Å². The Bertz CT molecular complexity index is 576. The Morgan fingerprint density at radius 1 is 1.30 bits per heavy atom. The normalized spacial score (nSPS) is 24.8. The first kappa shape index (κ1) is 16.5. The highest BCUT2D eigenvalue weighted by molar-refractivity contribution is 9.09. The number of hydrogen-bond acceptors (Lipinski definition) is 3. The molecule has 0 radical (unpaired) electrons. The molecular weight excluding hydrogens is 389 g/mol. The van der Waals surface area contributed by atoms with Crippen LogP contribution in [-0.2, 0) is 14.8 Å². The summed E-state index contributed by atoms with van der Waals surface area (Å²) in [6.07, 6.45) is -0.320. The van der Waals surface area contributed by atoms with Gasteiger partial charge < -0.3 is 4.74 Å². The molecule has 0 amide bonds. The molecule has 0 saturated carbocycles. The minimum Gasteiger partial charge on any atom is -0.372 e. The van der Waals surface area contributed by atoms with E-state index in [2.05, 4.69) is 15.9 Å². The Balaban J connectivity index is 2.34. The number of benzene rings is 1. The standard InChI is InChI=1S/C12H14BrCl2NO3S/c1-8-6-16(7-11(5-13)19-8)20(17,18)12-3-9(14)2-10(15)4-12/h2-4,8,11H,5-7H2,1H3. The molecule has 1 fully saturated rings. The third kappa shape index (κ3) is 3.67. The van der Waals surface area contributed by atoms with E-state index in [1.54, 1.807) is 0 Å². The van der Waals surface area contributed by atoms with Crippen LogP contribution in [0.25, 0.3) is 0 Å². The lowest BCUT2D eigenvalue weighted by molar-refractivity contribution is -0.0411. The van der Waals surface area contributed by atoms with Gasteiger partial charge in [0.1, 0.15) is 0 Å². The predicted molar refractivity (Wildman–Crippen MR) is 83.3 cm³/mol. The van der Waals surface area contributed by atoms with Gasteiger partial charge in [-0.3, -0.25) is 0 Å². The van der Waals surface area contributed by atoms with Crippen LogP contribution in [0.4, 0.5) is 0 Å². The van der Waals surface area contributed by atoms with Gasteiger partial charge in [-0.15, -0.1) is 0 Å². The van der Waals surface area contributed by atoms with Gasteiger partial charge in [0.05, 0.1) is 17.1 Å². The van der Waals surface area contributed by atoms with E-state index < -0.39 is 10.0 Å². The van der Waals surface area contributed by atoms with Gasteiger partial charge in [-0.2, -0.15) is 4.31 Å². The molecular formula is C12H14BrCl2NO3S. The van der Waals surface area contributed by atoms with E-state index in [4.69, 9.17) is 27.9 Å². The van der Waals surface area contributed by atoms with Crippen LogP contribution in [-0.4, -0.2) is 43.4 Å². The van der Waals surface area contributed by atoms with Crippen LogP contribution in [0.1, 0.15) is 6.92 Å². The molecule has 20 heavy (non-hydrogen) atoms. The van der Waals surface area contributed by atoms with Crippen molar-refractivity contribution >= 4 is 49.2 Å². The molecule has 2 rings (SSSR count). The summed E-state index contributed by atoms with van der Waals surface area (Å²) in [5.41, 5.74) is 0. The van der Waals surface area contributed by atoms with Gasteiger partial charge in [-0.1, -0.05) is 39.1 Å². The zero-order chi connectivity index (χ0) is 14.9. The van der Waals surface area contributed by atoms with E-state index in [-0.39, 0.29) is 17.1 Å². The summed E-state index contributed by atoms with van der Waals surface area (Å²) in [5, 5.41) is 1.18. The summed E-state index contributed by atoms with van der Waals surface area (Å²) in [7, 11) is -3.62. The average molecular weight is 403 g/mol. The van der Waals surface area contributed by atoms with Crippen molar-refractivity contribution < 1.29 is 13.2 Å². The number of ether oxygens (including phenoxy) is 1. The number of nitrogens with zero attached hydrogens (tertiary/aromatic N) is 1. The van der Waals surface area contributed by atoms with Crippen LogP contribution in [0.3, 0.4) is 0 Å². The number of morpholine rings is 1. The maximum absolute atomic E-state index is 12.6. The molecule has 1 heterocycles. The number of halogens is 3. The van der Waals surface area contributed by atoms with Crippen LogP contribution >= 0.6 is 39.1 Å². The first-order valence-electron chi connectivity index (χ1n) is 6.00. The van der Waals surface area contributed by atoms with Crippen molar-refractivity contribution in [2.45, 2.75) is 24.0 Å². The lowest BCUT2D eigenvalue weighted by Gasteiger charge is -2.35. The van der Waals surface area contributed by atoms with Crippen molar-refractivity contribution in [3.05, 3.63) is 28.2 Å². The van der Waals surface area contributed by atoms with Crippen LogP contribution < -0.4 is 0 Å². The molecule has 0 N–H and O–H groups in total. The van der Waals surface area contributed by atoms with Crippen LogP contribution in [0.15, 0.2) is 23.1 Å². The molecule has 112 valence electrons. The second-order valence-corrected chi connectivity index (χ2v) is 8.11. The molecule has 1 aliphatic rings. The lowest BCUT2D eigenvalue weighted by atomic mass is 10.3. The number of sulfonamides is 1. The lowest BCUT2D eigenvalue weighted by Crippen LogP contribution is -2.49. The highest BCUT2D eigenvalue weighted by Gasteiger charge is 2.33. The van der Waals surface area contributed by atoms with Gasteiger partial charge in [0.2, 0.25) is 10.0 Å². The Hall–Kier alpha value is 0.150. The molecule has 8 heteroatoms. The summed E-state index contributed by atoms with van der Waals surface area (Å²) in [5.74, 6) is 0. The molecule has 4 nitrogen and oxygen atoms in total. The molecule has 1 aromatic rings. The van der Waals surface area contributed by atoms with Crippen molar-refractivity contribution in [3.63, 3.8) is 0 Å². The Kier molecular flexibility index (Phi) is 5.37. The minimum atomic E-state index is -3.62. The highest BCUT2D eigenvalue weighted by atomic mass is 79.9. The molecule has 0 spiro atoms. The minimum absolute atomic E-state index is 0.109. The second kappa shape index (κ2) is 6.50. The maximum atomic E-state index is 12.6. The molecule has 1 saturated heterocycles. The molecule has 1 aliphatic heterocycles. The largest absolute Gasteiger partial charge is 0.372 e. The molecule has 0 aliphatic carbocycles. The predicted octanol–water partition coefficient (Wildman–Crippen LogP) is 3.17. The Labute approximate surface area is 137 Å². The van der Waals surface area contributed by atoms with E-state index in [0.29, 0.717) is 28.5 Å². The topological polar surface area (TPSA) is 46.6 Å². The average Bonchev–Trinajstić information content (AvgIpc) is 2.36. The van der Waals surface area contributed by atoms with Gasteiger partial charge >= 0.3 is 0 Å². The summed E-state index contributed by atoms with van der Waals surface area (Å²) in [4.78, 5) is 0.109. The van der Waals surface area contributed by atoms with Crippen molar-refractivity contribution in [3.8, 4) is 0 Å². The van der Waals surface area contributed by atoms with E-state index >= 15 is 0 Å². The van der Waals surface area contributed by atoms with Gasteiger partial charge in [0.15, 0.2) is 0 Å². The third-order valence-electron chi connectivity index (χ3n) is 2.94. The summed E-state index contributed by atoms with van der Waals surface area (Å²) in [6.45, 7) is 2.47. The molecule has 2 unspecified atom stereocenters. The van der Waals surface area contributed by atoms with Crippen molar-refractivity contribution in [1.82, 2.24) is 4.31 Å². The second-order valence-electron chi connectivity index (χ2n) is 4.65. The van der Waals surface area contributed by atoms with Gasteiger partial charge in [-0.25, -0.2) is 8.42 Å². The van der Waals surface area contributed by atoms with Gasteiger partial charge in [0, 0.05) is 28.5 Å². The quantitative estimate of drug-likeness (QED) is 0.729. The van der Waals surface area contributed by atoms with E-state index in [9.17, 15) is 8.42 Å². The van der Waals surface area contributed by atoms with Gasteiger partial charge in [0.25, 0.3) is 0 Å². The van der Waals surface area contributed by atoms with E-state index in [1.807, 2.05) is 6.92 Å². The zero-order valence-electron chi connectivity index (χ0n) is 10.7. The fraction of sp³-hybridized carbons (Fsp3) is 0.500. The molecule has 0 bridgehead atoms. The smallest absolute Gasteiger partial charge is 0.243 e. The van der Waals surface area contributed by atoms with Crippen molar-refractivity contribution in [1.29, 1.82) is 0 Å². The summed E-state index contributed by atoms with van der Waals surface area (Å²) < 4.78 is 32.3. The first-order valence-corrected chi connectivity index (χ1v) is 9.32. The molecule has 0 aromatic heterocycles. The molecule has 1 aromatic carbocycles. The Morgan fingerprint density at radius 2 is 1.90 bits per heavy atom. The number of alkyl halides is 1. The molecule has 2 atom stereocenters. The summed E-state index contributed by atoms with van der Waals surface area (Å²) >= 11 is 15.1. The van der Waals surface area contributed by atoms with E-state index in [1.165, 1.54) is 22.5 Å². The van der Waals surface area contributed by atoms with Crippen molar-refractivity contribution in [2.75, 3.05) is 18.4 Å². The maximum Gasteiger partial charge on any atom is 0.243 e. The third-order valence-corrected chi connectivity index (χ3v) is 5.91. The SMILES string of the molecule is CC1CN(S(=O)(=O)c2cc(Cl)cc(Cl)c2)CC(CBr)O1. The number of hydrogen-bond donors (Lipinski definition) is 0. The van der Waals surface area contributed by atoms with Crippen LogP contribution in [0, 0.1) is 0 Å². The van der Waals surface area contributed by atoms with Crippen molar-refractivity contribution in [2.24, 2.45) is 0 Å². The van der Waals surface area contributed by atoms with E-state index in [0.717, 1.165) is 0 Å². The number of rotatable bonds is 3. The fourth-order valence-corrected chi connectivity index (χ4v) is 4.74. The fourth-order valence-electron chi connectivity index (χ4n) is 2.11. The zero-order valence-corrected chi connectivity index (χ0v) is 14.6. The van der Waals surface area contributed by atoms with Crippen LogP contribution in [0.5, 0.6) is 0 Å². The monoisotopic (exact) mass is 401 g/mol. The first-order chi connectivity index (χ1) is 9.32. The Morgan fingerprint density at radius 3 is 2.45 bits per heavy atom. The van der Waals surface area contributed by atoms with Gasteiger partial charge in [-0.05, 0) is 25.1 Å². The highest BCUT2D eigenvalue weighted by Crippen LogP contribution is 2.27.